The molecule has 29 heavy (non-hydrogen) atoms. The number of nitrogens with zero attached hydrogens (tertiary/aromatic N) is 2. The molecule has 0 aromatic heterocycles. The van der Waals surface area contributed by atoms with Crippen molar-refractivity contribution in [3.8, 4) is 5.75 Å². The van der Waals surface area contributed by atoms with Gasteiger partial charge in [-0.2, -0.15) is 0 Å². The van der Waals surface area contributed by atoms with E-state index in [-0.39, 0.29) is 30.4 Å². The zero-order valence-electron chi connectivity index (χ0n) is 16.3. The van der Waals surface area contributed by atoms with Crippen molar-refractivity contribution in [3.63, 3.8) is 0 Å². The number of amides is 3. The van der Waals surface area contributed by atoms with Crippen LogP contribution in [0.4, 0.5) is 0 Å². The van der Waals surface area contributed by atoms with Gasteiger partial charge in [0.1, 0.15) is 11.9 Å². The number of ether oxygens (including phenoxy) is 1. The topological polar surface area (TPSA) is 66.9 Å². The Morgan fingerprint density at radius 1 is 0.897 bits per heavy atom. The van der Waals surface area contributed by atoms with Gasteiger partial charge < -0.3 is 9.64 Å². The fourth-order valence-corrected chi connectivity index (χ4v) is 3.90. The van der Waals surface area contributed by atoms with Gasteiger partial charge in [0, 0.05) is 38.9 Å². The summed E-state index contributed by atoms with van der Waals surface area (Å²) < 4.78 is 5.97. The molecule has 0 atom stereocenters. The largest absolute Gasteiger partial charge is 0.490 e. The average Bonchev–Trinajstić information content (AvgIpc) is 3.00. The number of hydrogen-bond acceptors (Lipinski definition) is 4. The summed E-state index contributed by atoms with van der Waals surface area (Å²) >= 11 is 0. The van der Waals surface area contributed by atoms with Gasteiger partial charge in [0.25, 0.3) is 11.8 Å². The van der Waals surface area contributed by atoms with E-state index in [1.807, 2.05) is 35.2 Å². The number of fused-ring (bicyclic) bond motifs is 1. The maximum Gasteiger partial charge on any atom is 0.261 e. The summed E-state index contributed by atoms with van der Waals surface area (Å²) in [6, 6.07) is 16.6. The van der Waals surface area contributed by atoms with E-state index >= 15 is 0 Å². The molecule has 6 heteroatoms. The molecule has 0 unspecified atom stereocenters. The van der Waals surface area contributed by atoms with Crippen molar-refractivity contribution in [2.24, 2.45) is 0 Å². The Balaban J connectivity index is 1.21. The van der Waals surface area contributed by atoms with Gasteiger partial charge in [-0.05, 0) is 30.7 Å². The van der Waals surface area contributed by atoms with Gasteiger partial charge in [0.15, 0.2) is 0 Å². The van der Waals surface area contributed by atoms with Crippen molar-refractivity contribution < 1.29 is 19.1 Å². The summed E-state index contributed by atoms with van der Waals surface area (Å²) in [4.78, 5) is 40.4. The molecule has 2 aromatic carbocycles. The highest BCUT2D eigenvalue weighted by Gasteiger charge is 2.34. The molecule has 0 aliphatic carbocycles. The molecule has 4 rings (SSSR count). The summed E-state index contributed by atoms with van der Waals surface area (Å²) in [6.45, 7) is 1.61. The summed E-state index contributed by atoms with van der Waals surface area (Å²) in [7, 11) is 0. The van der Waals surface area contributed by atoms with Crippen LogP contribution in [0.5, 0.6) is 5.75 Å². The first-order valence-corrected chi connectivity index (χ1v) is 10.1. The van der Waals surface area contributed by atoms with Crippen LogP contribution in [0.1, 0.15) is 46.4 Å². The van der Waals surface area contributed by atoms with Crippen LogP contribution in [0.3, 0.4) is 0 Å². The minimum absolute atomic E-state index is 0.0692. The molecule has 2 aromatic rings. The van der Waals surface area contributed by atoms with E-state index in [0.29, 0.717) is 37.1 Å². The molecule has 2 aliphatic rings. The van der Waals surface area contributed by atoms with Crippen LogP contribution < -0.4 is 4.74 Å². The first-order chi connectivity index (χ1) is 14.1. The van der Waals surface area contributed by atoms with Gasteiger partial charge in [-0.25, -0.2) is 0 Å². The monoisotopic (exact) mass is 392 g/mol. The number of imide groups is 1. The van der Waals surface area contributed by atoms with Gasteiger partial charge in [-0.3, -0.25) is 19.3 Å². The standard InChI is InChI=1S/C23H24N2O4/c26-21(24-15-12-18(13-16-24)29-17-7-2-1-3-8-17)11-6-14-25-22(27)19-9-4-5-10-20(19)23(25)28/h1-5,7-10,18H,6,11-16H2. The van der Waals surface area contributed by atoms with Crippen LogP contribution in [-0.2, 0) is 4.79 Å². The van der Waals surface area contributed by atoms with Crippen molar-refractivity contribution in [3.05, 3.63) is 65.7 Å². The van der Waals surface area contributed by atoms with E-state index in [1.165, 1.54) is 4.90 Å². The number of hydrogen-bond donors (Lipinski definition) is 0. The summed E-state index contributed by atoms with van der Waals surface area (Å²) in [5.74, 6) is 0.395. The van der Waals surface area contributed by atoms with E-state index in [1.54, 1.807) is 24.3 Å². The van der Waals surface area contributed by atoms with Gasteiger partial charge >= 0.3 is 0 Å². The Kier molecular flexibility index (Phi) is 5.60. The van der Waals surface area contributed by atoms with Crippen LogP contribution >= 0.6 is 0 Å². The lowest BCUT2D eigenvalue weighted by Crippen LogP contribution is -2.42. The van der Waals surface area contributed by atoms with Crippen molar-refractivity contribution in [1.29, 1.82) is 0 Å². The molecule has 2 aliphatic heterocycles. The third kappa shape index (κ3) is 4.16. The Labute approximate surface area is 170 Å². The number of carbonyl (C=O) groups excluding carboxylic acids is 3. The highest BCUT2D eigenvalue weighted by Crippen LogP contribution is 2.23. The fourth-order valence-electron chi connectivity index (χ4n) is 3.90. The van der Waals surface area contributed by atoms with Gasteiger partial charge in [-0.1, -0.05) is 30.3 Å². The maximum atomic E-state index is 12.5. The molecule has 0 spiro atoms. The molecule has 0 bridgehead atoms. The van der Waals surface area contributed by atoms with Crippen LogP contribution in [-0.4, -0.2) is 53.3 Å². The third-order valence-electron chi connectivity index (χ3n) is 5.49. The van der Waals surface area contributed by atoms with Crippen LogP contribution in [0.25, 0.3) is 0 Å². The minimum Gasteiger partial charge on any atom is -0.490 e. The first kappa shape index (κ1) is 19.2. The zero-order valence-corrected chi connectivity index (χ0v) is 16.3. The second-order valence-electron chi connectivity index (χ2n) is 7.42. The maximum absolute atomic E-state index is 12.5. The number of para-hydroxylation sites is 1. The molecular weight excluding hydrogens is 368 g/mol. The fraction of sp³-hybridized carbons (Fsp3) is 0.348. The number of piperidine rings is 1. The zero-order chi connectivity index (χ0) is 20.2. The highest BCUT2D eigenvalue weighted by molar-refractivity contribution is 6.21. The lowest BCUT2D eigenvalue weighted by atomic mass is 10.1. The van der Waals surface area contributed by atoms with E-state index in [4.69, 9.17) is 4.74 Å². The SMILES string of the molecule is O=C(CCCN1C(=O)c2ccccc2C1=O)N1CCC(Oc2ccccc2)CC1. The summed E-state index contributed by atoms with van der Waals surface area (Å²) in [5.41, 5.74) is 0.897. The van der Waals surface area contributed by atoms with Crippen LogP contribution in [0.15, 0.2) is 54.6 Å². The smallest absolute Gasteiger partial charge is 0.261 e. The molecule has 2 heterocycles. The third-order valence-corrected chi connectivity index (χ3v) is 5.49. The molecule has 6 nitrogen and oxygen atoms in total. The van der Waals surface area contributed by atoms with Gasteiger partial charge in [-0.15, -0.1) is 0 Å². The minimum atomic E-state index is -0.267. The Bertz CT molecular complexity index is 869. The molecule has 0 radical (unpaired) electrons. The molecule has 3 amide bonds. The number of rotatable bonds is 6. The molecule has 1 fully saturated rings. The molecule has 0 saturated carbocycles. The van der Waals surface area contributed by atoms with E-state index < -0.39 is 0 Å². The Morgan fingerprint density at radius 2 is 1.48 bits per heavy atom. The summed E-state index contributed by atoms with van der Waals surface area (Å²) in [6.07, 6.45) is 2.54. The molecule has 0 N–H and O–H groups in total. The Morgan fingerprint density at radius 3 is 2.10 bits per heavy atom. The molecule has 1 saturated heterocycles. The average molecular weight is 392 g/mol. The number of benzene rings is 2. The quantitative estimate of drug-likeness (QED) is 0.709. The van der Waals surface area contributed by atoms with Crippen molar-refractivity contribution >= 4 is 17.7 Å². The lowest BCUT2D eigenvalue weighted by Gasteiger charge is -2.32. The van der Waals surface area contributed by atoms with Gasteiger partial charge in [0.05, 0.1) is 11.1 Å². The predicted molar refractivity (Wildman–Crippen MR) is 108 cm³/mol. The number of carbonyl (C=O) groups is 3. The second kappa shape index (κ2) is 8.47. The predicted octanol–water partition coefficient (Wildman–Crippen LogP) is 3.13. The van der Waals surface area contributed by atoms with Crippen molar-refractivity contribution in [2.45, 2.75) is 31.8 Å². The molecule has 150 valence electrons. The van der Waals surface area contributed by atoms with Crippen LogP contribution in [0.2, 0.25) is 0 Å². The van der Waals surface area contributed by atoms with E-state index in [2.05, 4.69) is 0 Å². The first-order valence-electron chi connectivity index (χ1n) is 10.1. The highest BCUT2D eigenvalue weighted by atomic mass is 16.5. The van der Waals surface area contributed by atoms with Gasteiger partial charge in [0.2, 0.25) is 5.91 Å². The van der Waals surface area contributed by atoms with E-state index in [9.17, 15) is 14.4 Å². The van der Waals surface area contributed by atoms with Crippen LogP contribution in [0, 0.1) is 0 Å². The summed E-state index contributed by atoms with van der Waals surface area (Å²) in [5, 5.41) is 0. The second-order valence-corrected chi connectivity index (χ2v) is 7.42. The van der Waals surface area contributed by atoms with Crippen molar-refractivity contribution in [2.75, 3.05) is 19.6 Å². The molecular formula is C23H24N2O4. The Hall–Kier alpha value is -3.15. The normalized spacial score (nSPS) is 16.8. The lowest BCUT2D eigenvalue weighted by molar-refractivity contribution is -0.133. The van der Waals surface area contributed by atoms with E-state index in [0.717, 1.165) is 18.6 Å². The van der Waals surface area contributed by atoms with Crippen molar-refractivity contribution in [1.82, 2.24) is 9.80 Å². The number of likely N-dealkylation sites (tertiary alicyclic amines) is 1.